The molecule has 0 bridgehead atoms. The van der Waals surface area contributed by atoms with Crippen LogP contribution < -0.4 is 5.32 Å². The summed E-state index contributed by atoms with van der Waals surface area (Å²) >= 11 is 0. The van der Waals surface area contributed by atoms with E-state index in [0.717, 1.165) is 6.42 Å². The van der Waals surface area contributed by atoms with Crippen LogP contribution in [0.1, 0.15) is 29.4 Å². The molecule has 0 unspecified atom stereocenters. The molecule has 1 heterocycles. The van der Waals surface area contributed by atoms with Crippen molar-refractivity contribution in [3.8, 4) is 5.69 Å². The van der Waals surface area contributed by atoms with Crippen molar-refractivity contribution in [1.82, 2.24) is 9.78 Å². The molecule has 7 nitrogen and oxygen atoms in total. The Labute approximate surface area is 146 Å². The second kappa shape index (κ2) is 8.00. The van der Waals surface area contributed by atoms with Crippen molar-refractivity contribution in [2.45, 2.75) is 19.5 Å². The lowest BCUT2D eigenvalue weighted by atomic mass is 10.2. The highest BCUT2D eigenvalue weighted by Gasteiger charge is 2.40. The topological polar surface area (TPSA) is 93.5 Å². The number of carbonyl (C=O) groups is 2. The number of amides is 1. The largest absolute Gasteiger partial charge is 0.478 e. The van der Waals surface area contributed by atoms with Crippen molar-refractivity contribution in [3.63, 3.8) is 0 Å². The number of carbonyl (C=O) groups excluding carboxylic acids is 1. The molecule has 1 amide bonds. The summed E-state index contributed by atoms with van der Waals surface area (Å²) in [4.78, 5) is 22.6. The number of ether oxygens (including phenoxy) is 1. The van der Waals surface area contributed by atoms with Crippen LogP contribution in [-0.4, -0.2) is 40.0 Å². The number of carboxylic acids is 1. The fraction of sp³-hybridized carbons (Fsp3) is 0.312. The van der Waals surface area contributed by atoms with Gasteiger partial charge in [-0.25, -0.2) is 9.48 Å². The molecule has 2 aromatic rings. The number of benzene rings is 1. The van der Waals surface area contributed by atoms with Crippen LogP contribution in [0, 0.1) is 0 Å². The summed E-state index contributed by atoms with van der Waals surface area (Å²) in [6.07, 6.45) is -3.48. The average Bonchev–Trinajstić information content (AvgIpc) is 3.01. The van der Waals surface area contributed by atoms with Crippen LogP contribution in [0.25, 0.3) is 5.69 Å². The van der Waals surface area contributed by atoms with Crippen LogP contribution in [0.3, 0.4) is 0 Å². The van der Waals surface area contributed by atoms with E-state index >= 15 is 0 Å². The van der Waals surface area contributed by atoms with Gasteiger partial charge in [-0.3, -0.25) is 4.79 Å². The lowest BCUT2D eigenvalue weighted by Crippen LogP contribution is -2.19. The molecule has 2 N–H and O–H groups in total. The number of anilines is 1. The summed E-state index contributed by atoms with van der Waals surface area (Å²) in [5, 5.41) is 15.0. The molecule has 0 aliphatic rings. The second-order valence-corrected chi connectivity index (χ2v) is 5.27. The molecule has 26 heavy (non-hydrogen) atoms. The number of nitrogens with one attached hydrogen (secondary N) is 1. The van der Waals surface area contributed by atoms with Crippen LogP contribution in [0.4, 0.5) is 18.9 Å². The van der Waals surface area contributed by atoms with Crippen LogP contribution in [0.2, 0.25) is 0 Å². The average molecular weight is 371 g/mol. The zero-order chi connectivity index (χ0) is 19.3. The quantitative estimate of drug-likeness (QED) is 0.730. The highest BCUT2D eigenvalue weighted by atomic mass is 19.4. The van der Waals surface area contributed by atoms with Crippen LogP contribution >= 0.6 is 0 Å². The summed E-state index contributed by atoms with van der Waals surface area (Å²) in [6, 6.07) is 5.34. The molecular weight excluding hydrogens is 355 g/mol. The minimum Gasteiger partial charge on any atom is -0.478 e. The van der Waals surface area contributed by atoms with E-state index in [2.05, 4.69) is 10.4 Å². The predicted molar refractivity (Wildman–Crippen MR) is 85.3 cm³/mol. The van der Waals surface area contributed by atoms with Crippen molar-refractivity contribution >= 4 is 17.6 Å². The number of rotatable bonds is 7. The first-order chi connectivity index (χ1) is 12.2. The van der Waals surface area contributed by atoms with E-state index in [0.29, 0.717) is 23.2 Å². The van der Waals surface area contributed by atoms with Gasteiger partial charge in [-0.05, 0) is 30.7 Å². The molecule has 0 aliphatic heterocycles. The number of aromatic nitrogens is 2. The van der Waals surface area contributed by atoms with Gasteiger partial charge < -0.3 is 15.2 Å². The highest BCUT2D eigenvalue weighted by molar-refractivity contribution is 5.91. The first-order valence-electron chi connectivity index (χ1n) is 7.60. The summed E-state index contributed by atoms with van der Waals surface area (Å²) in [5.74, 6) is -2.12. The van der Waals surface area contributed by atoms with Gasteiger partial charge >= 0.3 is 12.1 Å². The number of aromatic carboxylic acids is 1. The SMILES string of the molecule is CCCOCC(=O)Nc1ccc(-n2ncc(C(=O)O)c2C(F)(F)F)cc1. The minimum atomic E-state index is -4.90. The van der Waals surface area contributed by atoms with Gasteiger partial charge in [0.1, 0.15) is 12.2 Å². The van der Waals surface area contributed by atoms with Crippen LogP contribution in [0.15, 0.2) is 30.5 Å². The van der Waals surface area contributed by atoms with Crippen LogP contribution in [-0.2, 0) is 15.7 Å². The molecule has 0 saturated heterocycles. The molecule has 140 valence electrons. The summed E-state index contributed by atoms with van der Waals surface area (Å²) in [7, 11) is 0. The zero-order valence-electron chi connectivity index (χ0n) is 13.7. The van der Waals surface area contributed by atoms with Gasteiger partial charge in [0, 0.05) is 12.3 Å². The number of alkyl halides is 3. The van der Waals surface area contributed by atoms with Gasteiger partial charge in [-0.2, -0.15) is 18.3 Å². The molecule has 0 radical (unpaired) electrons. The van der Waals surface area contributed by atoms with Gasteiger partial charge in [0.25, 0.3) is 0 Å². The zero-order valence-corrected chi connectivity index (χ0v) is 13.7. The van der Waals surface area contributed by atoms with Gasteiger partial charge in [0.15, 0.2) is 5.69 Å². The molecule has 0 saturated carbocycles. The molecule has 1 aromatic heterocycles. The first-order valence-corrected chi connectivity index (χ1v) is 7.60. The standard InChI is InChI=1S/C16H16F3N3O4/c1-2-7-26-9-13(23)21-10-3-5-11(6-4-10)22-14(16(17,18)19)12(8-20-22)15(24)25/h3-6,8H,2,7,9H2,1H3,(H,21,23)(H,24,25). The lowest BCUT2D eigenvalue weighted by Gasteiger charge is -2.12. The first kappa shape index (κ1) is 19.4. The fourth-order valence-electron chi connectivity index (χ4n) is 2.17. The van der Waals surface area contributed by atoms with Gasteiger partial charge in [-0.15, -0.1) is 0 Å². The van der Waals surface area contributed by atoms with E-state index in [1.807, 2.05) is 6.92 Å². The van der Waals surface area contributed by atoms with Crippen molar-refractivity contribution in [2.75, 3.05) is 18.5 Å². The third-order valence-corrected chi connectivity index (χ3v) is 3.25. The molecule has 0 atom stereocenters. The number of hydrogen-bond donors (Lipinski definition) is 2. The number of hydrogen-bond acceptors (Lipinski definition) is 4. The molecule has 0 aliphatic carbocycles. The van der Waals surface area contributed by atoms with Crippen molar-refractivity contribution < 1.29 is 32.6 Å². The Morgan fingerprint density at radius 2 is 1.92 bits per heavy atom. The Bertz CT molecular complexity index is 785. The maximum Gasteiger partial charge on any atom is 0.434 e. The van der Waals surface area contributed by atoms with Gasteiger partial charge in [0.2, 0.25) is 5.91 Å². The minimum absolute atomic E-state index is 0.00468. The molecule has 2 rings (SSSR count). The normalized spacial score (nSPS) is 11.4. The Balaban J connectivity index is 2.21. The predicted octanol–water partition coefficient (Wildman–Crippen LogP) is 2.95. The number of carboxylic acid groups (broad SMARTS) is 1. The lowest BCUT2D eigenvalue weighted by molar-refractivity contribution is -0.143. The van der Waals surface area contributed by atoms with Gasteiger partial charge in [0.05, 0.1) is 11.9 Å². The Morgan fingerprint density at radius 3 is 2.46 bits per heavy atom. The second-order valence-electron chi connectivity index (χ2n) is 5.27. The highest BCUT2D eigenvalue weighted by Crippen LogP contribution is 2.33. The molecular formula is C16H16F3N3O4. The van der Waals surface area contributed by atoms with Crippen molar-refractivity contribution in [2.24, 2.45) is 0 Å². The van der Waals surface area contributed by atoms with E-state index in [1.54, 1.807) is 0 Å². The molecule has 1 aromatic carbocycles. The van der Waals surface area contributed by atoms with E-state index in [1.165, 1.54) is 24.3 Å². The van der Waals surface area contributed by atoms with E-state index in [-0.39, 0.29) is 12.3 Å². The Hall–Kier alpha value is -2.88. The van der Waals surface area contributed by atoms with Gasteiger partial charge in [-0.1, -0.05) is 6.92 Å². The number of halogens is 3. The Morgan fingerprint density at radius 1 is 1.27 bits per heavy atom. The van der Waals surface area contributed by atoms with Crippen molar-refractivity contribution in [1.29, 1.82) is 0 Å². The van der Waals surface area contributed by atoms with Crippen LogP contribution in [0.5, 0.6) is 0 Å². The molecule has 0 spiro atoms. The van der Waals surface area contributed by atoms with E-state index in [4.69, 9.17) is 9.84 Å². The summed E-state index contributed by atoms with van der Waals surface area (Å²) < 4.78 is 45.2. The Kier molecular flexibility index (Phi) is 5.98. The smallest absolute Gasteiger partial charge is 0.434 e. The molecule has 10 heteroatoms. The number of nitrogens with zero attached hydrogens (tertiary/aromatic N) is 2. The summed E-state index contributed by atoms with van der Waals surface area (Å²) in [6.45, 7) is 2.21. The maximum atomic E-state index is 13.2. The van der Waals surface area contributed by atoms with Crippen molar-refractivity contribution in [3.05, 3.63) is 41.7 Å². The fourth-order valence-corrected chi connectivity index (χ4v) is 2.17. The van der Waals surface area contributed by atoms with E-state index < -0.39 is 29.3 Å². The molecule has 0 fully saturated rings. The van der Waals surface area contributed by atoms with E-state index in [9.17, 15) is 22.8 Å². The third kappa shape index (κ3) is 4.60. The monoisotopic (exact) mass is 371 g/mol. The maximum absolute atomic E-state index is 13.2. The third-order valence-electron chi connectivity index (χ3n) is 3.25. The summed E-state index contributed by atoms with van der Waals surface area (Å²) in [5.41, 5.74) is -1.96.